The molecule has 15 heavy (non-hydrogen) atoms. The second-order valence-electron chi connectivity index (χ2n) is 3.31. The van der Waals surface area contributed by atoms with Crippen LogP contribution in [0, 0.1) is 6.92 Å². The van der Waals surface area contributed by atoms with Crippen LogP contribution in [0.25, 0.3) is 6.08 Å². The third-order valence-electron chi connectivity index (χ3n) is 2.25. The van der Waals surface area contributed by atoms with Gasteiger partial charge in [-0.15, -0.1) is 0 Å². The highest BCUT2D eigenvalue weighted by Gasteiger charge is 2.27. The van der Waals surface area contributed by atoms with Gasteiger partial charge in [-0.3, -0.25) is 4.79 Å². The monoisotopic (exact) mass is 311 g/mol. The molecule has 0 heterocycles. The molecular weight excluding hydrogens is 303 g/mol. The van der Waals surface area contributed by atoms with Crippen molar-refractivity contribution >= 4 is 40.4 Å². The van der Waals surface area contributed by atoms with Crippen LogP contribution in [0.2, 0.25) is 0 Å². The maximum absolute atomic E-state index is 11.9. The van der Waals surface area contributed by atoms with Crippen molar-refractivity contribution in [1.82, 2.24) is 0 Å². The number of carbonyl (C=O) groups is 1. The van der Waals surface area contributed by atoms with Crippen LogP contribution in [0.4, 0.5) is 0 Å². The summed E-state index contributed by atoms with van der Waals surface area (Å²) in [7, 11) is 0. The van der Waals surface area contributed by atoms with Crippen molar-refractivity contribution in [3.05, 3.63) is 41.0 Å². The van der Waals surface area contributed by atoms with Gasteiger partial charge in [0.25, 0.3) is 5.78 Å². The Balaban J connectivity index is 2.63. The molecule has 0 aromatic heterocycles. The van der Waals surface area contributed by atoms with E-state index in [4.69, 9.17) is 0 Å². The molecule has 0 aliphatic heterocycles. The number of allylic oxidation sites excluding steroid dienone is 1. The third-order valence-corrected chi connectivity index (χ3v) is 2.47. The van der Waals surface area contributed by atoms with Crippen molar-refractivity contribution in [1.29, 1.82) is 0 Å². The Morgan fingerprint density at radius 1 is 1.33 bits per heavy atom. The molecule has 0 bridgehead atoms. The molecule has 1 aliphatic rings. The van der Waals surface area contributed by atoms with E-state index in [0.717, 1.165) is 11.1 Å². The molecule has 4 heteroatoms. The molecular formula is C11H8IN2O+. The summed E-state index contributed by atoms with van der Waals surface area (Å²) in [6.07, 6.45) is 3.58. The number of carbonyl (C=O) groups excluding carboxylic acids is 1. The lowest BCUT2D eigenvalue weighted by Gasteiger charge is -2.05. The van der Waals surface area contributed by atoms with Crippen molar-refractivity contribution in [2.24, 2.45) is 3.33 Å². The van der Waals surface area contributed by atoms with Crippen LogP contribution < -0.4 is 0 Å². The van der Waals surface area contributed by atoms with Gasteiger partial charge in [-0.2, -0.15) is 0 Å². The van der Waals surface area contributed by atoms with E-state index in [1.165, 1.54) is 0 Å². The zero-order chi connectivity index (χ0) is 10.8. The highest BCUT2D eigenvalue weighted by atomic mass is 127. The van der Waals surface area contributed by atoms with Gasteiger partial charge in [0.2, 0.25) is 0 Å². The van der Waals surface area contributed by atoms with E-state index in [0.29, 0.717) is 11.3 Å². The minimum atomic E-state index is -0.0587. The molecule has 0 N–H and O–H groups in total. The fourth-order valence-electron chi connectivity index (χ4n) is 1.51. The second-order valence-corrected chi connectivity index (χ2v) is 3.75. The molecule has 0 fully saturated rings. The summed E-state index contributed by atoms with van der Waals surface area (Å²) < 4.78 is 3.59. The van der Waals surface area contributed by atoms with Crippen molar-refractivity contribution in [2.45, 2.75) is 6.92 Å². The number of fused-ring (bicyclic) bond motifs is 1. The predicted octanol–water partition coefficient (Wildman–Crippen LogP) is 2.66. The first-order chi connectivity index (χ1) is 7.22. The van der Waals surface area contributed by atoms with Gasteiger partial charge in [0.15, 0.2) is 26.2 Å². The first kappa shape index (κ1) is 10.3. The van der Waals surface area contributed by atoms with Gasteiger partial charge in [0.1, 0.15) is 0 Å². The Kier molecular flexibility index (Phi) is 2.79. The number of benzene rings is 1. The SMILES string of the molecule is Cc1ccc2c(c1)C(=O)C(=[N+]=NI)C=C2. The first-order valence-electron chi connectivity index (χ1n) is 4.45. The van der Waals surface area contributed by atoms with Gasteiger partial charge in [0.05, 0.1) is 4.79 Å². The molecule has 3 nitrogen and oxygen atoms in total. The molecule has 0 amide bonds. The molecule has 2 rings (SSSR count). The minimum absolute atomic E-state index is 0.0587. The molecule has 0 unspecified atom stereocenters. The van der Waals surface area contributed by atoms with E-state index >= 15 is 0 Å². The van der Waals surface area contributed by atoms with Crippen LogP contribution >= 0.6 is 22.9 Å². The number of rotatable bonds is 0. The average Bonchev–Trinajstić information content (AvgIpc) is 2.23. The predicted molar refractivity (Wildman–Crippen MR) is 66.3 cm³/mol. The fraction of sp³-hybridized carbons (Fsp3) is 0.0909. The van der Waals surface area contributed by atoms with Gasteiger partial charge in [-0.25, -0.2) is 0 Å². The topological polar surface area (TPSA) is 43.5 Å². The Hall–Kier alpha value is -1.26. The highest BCUT2D eigenvalue weighted by Crippen LogP contribution is 2.18. The van der Waals surface area contributed by atoms with Gasteiger partial charge >= 0.3 is 5.71 Å². The number of halogens is 1. The zero-order valence-electron chi connectivity index (χ0n) is 8.07. The highest BCUT2D eigenvalue weighted by molar-refractivity contribution is 14.1. The van der Waals surface area contributed by atoms with E-state index in [1.807, 2.05) is 31.2 Å². The van der Waals surface area contributed by atoms with Crippen molar-refractivity contribution in [3.63, 3.8) is 0 Å². The summed E-state index contributed by atoms with van der Waals surface area (Å²) in [5.74, 6) is -0.0587. The van der Waals surface area contributed by atoms with Crippen LogP contribution in [-0.4, -0.2) is 16.3 Å². The summed E-state index contributed by atoms with van der Waals surface area (Å²) in [5, 5.41) is 0. The average molecular weight is 311 g/mol. The molecule has 74 valence electrons. The summed E-state index contributed by atoms with van der Waals surface area (Å²) in [6, 6.07) is 5.81. The standard InChI is InChI=1S/C11H8IN2O/c1-7-2-3-8-4-5-10(13-14-12)11(15)9(8)6-7/h2-6H,1H3/q+1. The molecule has 1 aromatic carbocycles. The van der Waals surface area contributed by atoms with E-state index < -0.39 is 0 Å². The molecule has 0 radical (unpaired) electrons. The van der Waals surface area contributed by atoms with Crippen molar-refractivity contribution in [3.8, 4) is 0 Å². The summed E-state index contributed by atoms with van der Waals surface area (Å²) in [6.45, 7) is 1.96. The van der Waals surface area contributed by atoms with Crippen LogP contribution in [0.15, 0.2) is 27.6 Å². The van der Waals surface area contributed by atoms with Crippen molar-refractivity contribution < 1.29 is 9.58 Å². The summed E-state index contributed by atoms with van der Waals surface area (Å²) in [4.78, 5) is 15.7. The van der Waals surface area contributed by atoms with Crippen LogP contribution in [0.1, 0.15) is 21.5 Å². The maximum Gasteiger partial charge on any atom is 0.413 e. The Bertz CT molecular complexity index is 525. The second kappa shape index (κ2) is 4.08. The van der Waals surface area contributed by atoms with Crippen molar-refractivity contribution in [2.75, 3.05) is 0 Å². The zero-order valence-corrected chi connectivity index (χ0v) is 10.2. The Morgan fingerprint density at radius 3 is 2.87 bits per heavy atom. The lowest BCUT2D eigenvalue weighted by Crippen LogP contribution is -2.17. The van der Waals surface area contributed by atoms with E-state index in [2.05, 4.69) is 8.12 Å². The largest absolute Gasteiger partial charge is 0.413 e. The fourth-order valence-corrected chi connectivity index (χ4v) is 1.75. The van der Waals surface area contributed by atoms with Gasteiger partial charge < -0.3 is 0 Å². The number of ketones is 1. The van der Waals surface area contributed by atoms with Gasteiger partial charge in [-0.05, 0) is 24.6 Å². The molecule has 0 saturated heterocycles. The summed E-state index contributed by atoms with van der Waals surface area (Å²) in [5.41, 5.74) is 3.11. The first-order valence-corrected chi connectivity index (χ1v) is 5.41. The van der Waals surface area contributed by atoms with E-state index in [1.54, 1.807) is 28.9 Å². The number of hydrogen-bond acceptors (Lipinski definition) is 2. The number of Topliss-reactive ketones (excluding diaryl/α,β-unsaturated/α-hetero) is 1. The summed E-state index contributed by atoms with van der Waals surface area (Å²) >= 11 is 1.76. The third kappa shape index (κ3) is 1.91. The van der Waals surface area contributed by atoms with Gasteiger partial charge in [0, 0.05) is 11.6 Å². The van der Waals surface area contributed by atoms with E-state index in [9.17, 15) is 4.79 Å². The van der Waals surface area contributed by atoms with Crippen LogP contribution in [0.3, 0.4) is 0 Å². The molecule has 0 saturated carbocycles. The smallest absolute Gasteiger partial charge is 0.280 e. The number of hydrogen-bond donors (Lipinski definition) is 0. The van der Waals surface area contributed by atoms with E-state index in [-0.39, 0.29) is 5.78 Å². The quantitative estimate of drug-likeness (QED) is 0.413. The van der Waals surface area contributed by atoms with Crippen LogP contribution in [0.5, 0.6) is 0 Å². The number of aryl methyl sites for hydroxylation is 1. The lowest BCUT2D eigenvalue weighted by atomic mass is 9.93. The Morgan fingerprint density at radius 2 is 2.13 bits per heavy atom. The molecule has 1 aliphatic carbocycles. The normalized spacial score (nSPS) is 13.5. The van der Waals surface area contributed by atoms with Crippen LogP contribution in [-0.2, 0) is 0 Å². The maximum atomic E-state index is 11.9. The molecule has 0 spiro atoms. The molecule has 0 atom stereocenters. The van der Waals surface area contributed by atoms with Gasteiger partial charge in [-0.1, -0.05) is 17.7 Å². The lowest BCUT2D eigenvalue weighted by molar-refractivity contribution is -0.0592. The molecule has 1 aromatic rings. The minimum Gasteiger partial charge on any atom is -0.280 e. The Labute approximate surface area is 101 Å². The number of nitrogens with zero attached hydrogens (tertiary/aromatic N) is 2.